The Balaban J connectivity index is 2.01. The van der Waals surface area contributed by atoms with Crippen LogP contribution < -0.4 is 4.74 Å². The summed E-state index contributed by atoms with van der Waals surface area (Å²) < 4.78 is 21.8. The van der Waals surface area contributed by atoms with Crippen LogP contribution in [-0.2, 0) is 0 Å². The fourth-order valence-corrected chi connectivity index (χ4v) is 3.92. The van der Waals surface area contributed by atoms with Crippen LogP contribution in [0.15, 0.2) is 48.5 Å². The van der Waals surface area contributed by atoms with Gasteiger partial charge in [-0.25, -0.2) is 4.39 Å². The number of nitriles is 1. The Labute approximate surface area is 151 Å². The molecule has 0 amide bonds. The maximum absolute atomic E-state index is 14.0. The molecule has 116 valence electrons. The lowest BCUT2D eigenvalue weighted by molar-refractivity contribution is 0.206. The van der Waals surface area contributed by atoms with Gasteiger partial charge in [-0.2, -0.15) is 5.26 Å². The molecule has 0 N–H and O–H groups in total. The molecule has 2 aromatic carbocycles. The third-order valence-electron chi connectivity index (χ3n) is 3.52. The lowest BCUT2D eigenvalue weighted by atomic mass is 10.1. The predicted octanol–water partition coefficient (Wildman–Crippen LogP) is 5.86. The van der Waals surface area contributed by atoms with Crippen LogP contribution in [0.25, 0.3) is 10.1 Å². The average molecular weight is 437 g/mol. The molecule has 0 spiro atoms. The third-order valence-corrected chi connectivity index (χ3v) is 5.19. The third kappa shape index (κ3) is 3.48. The van der Waals surface area contributed by atoms with Crippen molar-refractivity contribution in [3.63, 3.8) is 0 Å². The molecule has 0 aliphatic rings. The van der Waals surface area contributed by atoms with E-state index in [1.807, 2.05) is 30.3 Å². The number of fused-ring (bicyclic) bond motifs is 1. The maximum Gasteiger partial charge on any atom is 0.138 e. The lowest BCUT2D eigenvalue weighted by Crippen LogP contribution is -2.08. The van der Waals surface area contributed by atoms with Crippen molar-refractivity contribution in [1.29, 1.82) is 5.26 Å². The molecule has 1 atom stereocenters. The van der Waals surface area contributed by atoms with Crippen LogP contribution in [0.5, 0.6) is 5.75 Å². The van der Waals surface area contributed by atoms with E-state index >= 15 is 0 Å². The molecule has 23 heavy (non-hydrogen) atoms. The van der Waals surface area contributed by atoms with Gasteiger partial charge in [-0.1, -0.05) is 52.9 Å². The van der Waals surface area contributed by atoms with Crippen LogP contribution >= 0.6 is 33.9 Å². The fraction of sp³-hybridized carbons (Fsp3) is 0.167. The van der Waals surface area contributed by atoms with E-state index in [1.165, 1.54) is 17.4 Å². The molecular weight excluding hydrogens is 424 g/mol. The van der Waals surface area contributed by atoms with Crippen LogP contribution in [0.4, 0.5) is 4.39 Å². The molecule has 3 aromatic rings. The van der Waals surface area contributed by atoms with Crippen molar-refractivity contribution < 1.29 is 9.13 Å². The number of hydrogen-bond donors (Lipinski definition) is 0. The molecule has 0 saturated heterocycles. The first kappa shape index (κ1) is 16.2. The van der Waals surface area contributed by atoms with Crippen molar-refractivity contribution in [1.82, 2.24) is 0 Å². The molecule has 3 rings (SSSR count). The Kier molecular flexibility index (Phi) is 5.13. The van der Waals surface area contributed by atoms with Crippen molar-refractivity contribution in [2.24, 2.45) is 0 Å². The topological polar surface area (TPSA) is 33.0 Å². The van der Waals surface area contributed by atoms with E-state index < -0.39 is 0 Å². The van der Waals surface area contributed by atoms with Crippen LogP contribution in [0.1, 0.15) is 23.0 Å². The summed E-state index contributed by atoms with van der Waals surface area (Å²) in [4.78, 5) is 0.486. The monoisotopic (exact) mass is 437 g/mol. The van der Waals surface area contributed by atoms with Crippen LogP contribution in [0.2, 0.25) is 0 Å². The molecule has 0 radical (unpaired) electrons. The van der Waals surface area contributed by atoms with Gasteiger partial charge in [0.2, 0.25) is 0 Å². The van der Waals surface area contributed by atoms with E-state index in [0.29, 0.717) is 20.7 Å². The standard InChI is InChI=1S/C18H13FINOS/c19-15-6-7-17(18-14(15)10-13(11-21)23-18)22-16(8-9-20)12-4-2-1-3-5-12/h1-7,10,16H,8-9H2. The summed E-state index contributed by atoms with van der Waals surface area (Å²) in [6.07, 6.45) is 0.773. The Hall–Kier alpha value is -1.65. The highest BCUT2D eigenvalue weighted by atomic mass is 127. The molecule has 1 unspecified atom stereocenters. The first-order valence-corrected chi connectivity index (χ1v) is 9.47. The van der Waals surface area contributed by atoms with Gasteiger partial charge in [0.05, 0.1) is 4.70 Å². The van der Waals surface area contributed by atoms with Gasteiger partial charge < -0.3 is 4.74 Å². The molecule has 0 saturated carbocycles. The maximum atomic E-state index is 14.0. The van der Waals surface area contributed by atoms with Crippen LogP contribution in [0, 0.1) is 17.1 Å². The lowest BCUT2D eigenvalue weighted by Gasteiger charge is -2.19. The number of benzene rings is 2. The van der Waals surface area contributed by atoms with E-state index in [9.17, 15) is 4.39 Å². The number of hydrogen-bond acceptors (Lipinski definition) is 3. The largest absolute Gasteiger partial charge is 0.484 e. The molecular formula is C18H13FINOS. The van der Waals surface area contributed by atoms with Crippen molar-refractivity contribution in [2.45, 2.75) is 12.5 Å². The van der Waals surface area contributed by atoms with E-state index in [1.54, 1.807) is 12.1 Å². The van der Waals surface area contributed by atoms with Crippen molar-refractivity contribution in [3.05, 3.63) is 64.8 Å². The minimum absolute atomic E-state index is 0.0885. The minimum Gasteiger partial charge on any atom is -0.484 e. The van der Waals surface area contributed by atoms with Gasteiger partial charge in [-0.05, 0) is 30.2 Å². The number of thiophene rings is 1. The number of rotatable bonds is 5. The molecule has 1 aromatic heterocycles. The summed E-state index contributed by atoms with van der Waals surface area (Å²) >= 11 is 3.59. The van der Waals surface area contributed by atoms with Gasteiger partial charge in [0, 0.05) is 9.81 Å². The SMILES string of the molecule is N#Cc1cc2c(F)ccc(OC(CCI)c3ccccc3)c2s1. The van der Waals surface area contributed by atoms with Gasteiger partial charge in [0.1, 0.15) is 28.6 Å². The van der Waals surface area contributed by atoms with E-state index in [0.717, 1.165) is 16.4 Å². The highest BCUT2D eigenvalue weighted by Crippen LogP contribution is 2.37. The number of alkyl halides is 1. The zero-order valence-corrected chi connectivity index (χ0v) is 15.1. The highest BCUT2D eigenvalue weighted by molar-refractivity contribution is 14.1. The first-order valence-electron chi connectivity index (χ1n) is 7.12. The summed E-state index contributed by atoms with van der Waals surface area (Å²) in [6, 6.07) is 16.7. The summed E-state index contributed by atoms with van der Waals surface area (Å²) in [5.74, 6) is 0.307. The number of nitrogens with zero attached hydrogens (tertiary/aromatic N) is 1. The van der Waals surface area contributed by atoms with E-state index in [-0.39, 0.29) is 11.9 Å². The van der Waals surface area contributed by atoms with E-state index in [2.05, 4.69) is 28.7 Å². The second-order valence-electron chi connectivity index (χ2n) is 5.01. The summed E-state index contributed by atoms with van der Waals surface area (Å²) in [5, 5.41) is 9.51. The van der Waals surface area contributed by atoms with Crippen LogP contribution in [-0.4, -0.2) is 4.43 Å². The van der Waals surface area contributed by atoms with Crippen molar-refractivity contribution >= 4 is 44.0 Å². The van der Waals surface area contributed by atoms with Crippen LogP contribution in [0.3, 0.4) is 0 Å². The Morgan fingerprint density at radius 1 is 1.22 bits per heavy atom. The normalized spacial score (nSPS) is 12.0. The fourth-order valence-electron chi connectivity index (χ4n) is 2.43. The second-order valence-corrected chi connectivity index (χ2v) is 7.14. The summed E-state index contributed by atoms with van der Waals surface area (Å²) in [5.41, 5.74) is 1.10. The molecule has 5 heteroatoms. The minimum atomic E-state index is -0.324. The van der Waals surface area contributed by atoms with Gasteiger partial charge >= 0.3 is 0 Å². The van der Waals surface area contributed by atoms with Gasteiger partial charge in [-0.15, -0.1) is 11.3 Å². The van der Waals surface area contributed by atoms with Gasteiger partial charge in [0.25, 0.3) is 0 Å². The average Bonchev–Trinajstić information content (AvgIpc) is 3.03. The van der Waals surface area contributed by atoms with Crippen molar-refractivity contribution in [3.8, 4) is 11.8 Å². The van der Waals surface area contributed by atoms with Gasteiger partial charge in [-0.3, -0.25) is 0 Å². The molecule has 1 heterocycles. The van der Waals surface area contributed by atoms with Gasteiger partial charge in [0.15, 0.2) is 0 Å². The molecule has 0 aliphatic carbocycles. The second kappa shape index (κ2) is 7.28. The molecule has 0 aliphatic heterocycles. The quantitative estimate of drug-likeness (QED) is 0.370. The number of ether oxygens (including phenoxy) is 1. The Morgan fingerprint density at radius 2 is 2.00 bits per heavy atom. The first-order chi connectivity index (χ1) is 11.2. The molecule has 2 nitrogen and oxygen atoms in total. The molecule has 0 fully saturated rings. The highest BCUT2D eigenvalue weighted by Gasteiger charge is 2.17. The summed E-state index contributed by atoms with van der Waals surface area (Å²) in [7, 11) is 0. The summed E-state index contributed by atoms with van der Waals surface area (Å²) in [6.45, 7) is 0. The van der Waals surface area contributed by atoms with Crippen molar-refractivity contribution in [2.75, 3.05) is 4.43 Å². The number of halogens is 2. The Bertz CT molecular complexity index is 857. The smallest absolute Gasteiger partial charge is 0.138 e. The van der Waals surface area contributed by atoms with E-state index in [4.69, 9.17) is 10.00 Å². The zero-order chi connectivity index (χ0) is 16.2. The Morgan fingerprint density at radius 3 is 2.70 bits per heavy atom. The zero-order valence-electron chi connectivity index (χ0n) is 12.1. The predicted molar refractivity (Wildman–Crippen MR) is 99.8 cm³/mol. The molecule has 0 bridgehead atoms.